The third-order valence-corrected chi connectivity index (χ3v) is 3.94. The number of fused-ring (bicyclic) bond motifs is 1. The highest BCUT2D eigenvalue weighted by Gasteiger charge is 2.16. The molecule has 0 radical (unpaired) electrons. The predicted octanol–water partition coefficient (Wildman–Crippen LogP) is 2.74. The number of aromatic nitrogens is 2. The van der Waals surface area contributed by atoms with Gasteiger partial charge in [0.2, 0.25) is 5.95 Å². The van der Waals surface area contributed by atoms with Gasteiger partial charge in [0.15, 0.2) is 0 Å². The van der Waals surface area contributed by atoms with Crippen LogP contribution in [0.25, 0.3) is 10.9 Å². The van der Waals surface area contributed by atoms with Gasteiger partial charge in [0.25, 0.3) is 5.56 Å². The Morgan fingerprint density at radius 1 is 1.30 bits per heavy atom. The largest absolute Gasteiger partial charge is 0.478 e. The lowest BCUT2D eigenvalue weighted by Gasteiger charge is -2.25. The minimum atomic E-state index is -1.02. The van der Waals surface area contributed by atoms with E-state index in [4.69, 9.17) is 5.11 Å². The van der Waals surface area contributed by atoms with Crippen molar-refractivity contribution in [1.82, 2.24) is 9.55 Å². The van der Waals surface area contributed by atoms with Crippen LogP contribution in [-0.4, -0.2) is 33.7 Å². The maximum absolute atomic E-state index is 12.7. The zero-order valence-electron chi connectivity index (χ0n) is 13.9. The smallest absolute Gasteiger partial charge is 0.335 e. The van der Waals surface area contributed by atoms with Gasteiger partial charge in [-0.15, -0.1) is 0 Å². The normalized spacial score (nSPS) is 10.9. The minimum absolute atomic E-state index is 0.126. The van der Waals surface area contributed by atoms with Gasteiger partial charge in [-0.1, -0.05) is 13.3 Å². The molecule has 0 atom stereocenters. The maximum Gasteiger partial charge on any atom is 0.335 e. The summed E-state index contributed by atoms with van der Waals surface area (Å²) in [7, 11) is 0. The van der Waals surface area contributed by atoms with Gasteiger partial charge in [0.05, 0.1) is 16.5 Å². The van der Waals surface area contributed by atoms with Crippen LogP contribution in [0.1, 0.15) is 44.0 Å². The van der Waals surface area contributed by atoms with Crippen LogP contribution in [0.4, 0.5) is 5.95 Å². The van der Waals surface area contributed by atoms with E-state index < -0.39 is 5.97 Å². The maximum atomic E-state index is 12.7. The molecule has 0 saturated heterocycles. The number of unbranched alkanes of at least 4 members (excludes halogenated alkanes) is 1. The van der Waals surface area contributed by atoms with E-state index in [1.165, 1.54) is 12.1 Å². The molecule has 2 rings (SSSR count). The number of carbonyl (C=O) groups is 1. The Balaban J connectivity index is 2.66. The Bertz CT molecular complexity index is 768. The number of rotatable bonds is 7. The van der Waals surface area contributed by atoms with E-state index in [0.717, 1.165) is 25.9 Å². The van der Waals surface area contributed by atoms with Crippen molar-refractivity contribution in [1.29, 1.82) is 0 Å². The van der Waals surface area contributed by atoms with Crippen molar-refractivity contribution < 1.29 is 9.90 Å². The van der Waals surface area contributed by atoms with Crippen molar-refractivity contribution in [3.8, 4) is 0 Å². The van der Waals surface area contributed by atoms with E-state index in [1.807, 2.05) is 13.8 Å². The lowest BCUT2D eigenvalue weighted by molar-refractivity contribution is 0.0697. The topological polar surface area (TPSA) is 75.4 Å². The first-order valence-electron chi connectivity index (χ1n) is 8.06. The third-order valence-electron chi connectivity index (χ3n) is 3.94. The van der Waals surface area contributed by atoms with Crippen LogP contribution in [0.15, 0.2) is 23.0 Å². The second-order valence-electron chi connectivity index (χ2n) is 5.43. The molecular formula is C17H23N3O3. The quantitative estimate of drug-likeness (QED) is 0.850. The average Bonchev–Trinajstić information content (AvgIpc) is 2.55. The van der Waals surface area contributed by atoms with E-state index in [1.54, 1.807) is 10.6 Å². The zero-order valence-corrected chi connectivity index (χ0v) is 13.9. The number of carboxylic acid groups (broad SMARTS) is 1. The highest BCUT2D eigenvalue weighted by atomic mass is 16.4. The lowest BCUT2D eigenvalue weighted by Crippen LogP contribution is -2.33. The van der Waals surface area contributed by atoms with E-state index in [9.17, 15) is 9.59 Å². The molecule has 0 amide bonds. The molecule has 23 heavy (non-hydrogen) atoms. The van der Waals surface area contributed by atoms with Crippen LogP contribution >= 0.6 is 0 Å². The first-order valence-corrected chi connectivity index (χ1v) is 8.06. The monoisotopic (exact) mass is 317 g/mol. The molecule has 6 nitrogen and oxygen atoms in total. The number of hydrogen-bond acceptors (Lipinski definition) is 4. The summed E-state index contributed by atoms with van der Waals surface area (Å²) in [5, 5.41) is 9.58. The van der Waals surface area contributed by atoms with Crippen molar-refractivity contribution in [3.63, 3.8) is 0 Å². The van der Waals surface area contributed by atoms with E-state index >= 15 is 0 Å². The van der Waals surface area contributed by atoms with E-state index in [0.29, 0.717) is 23.4 Å². The van der Waals surface area contributed by atoms with Crippen molar-refractivity contribution in [2.75, 3.05) is 18.0 Å². The molecule has 1 N–H and O–H groups in total. The molecule has 6 heteroatoms. The van der Waals surface area contributed by atoms with E-state index in [-0.39, 0.29) is 11.1 Å². The average molecular weight is 317 g/mol. The molecule has 0 unspecified atom stereocenters. The Morgan fingerprint density at radius 2 is 2.04 bits per heavy atom. The summed E-state index contributed by atoms with van der Waals surface area (Å²) in [5.41, 5.74) is 0.449. The van der Waals surface area contributed by atoms with Gasteiger partial charge in [-0.2, -0.15) is 0 Å². The minimum Gasteiger partial charge on any atom is -0.478 e. The molecule has 0 aliphatic rings. The van der Waals surface area contributed by atoms with Crippen LogP contribution in [0.5, 0.6) is 0 Å². The number of anilines is 1. The summed E-state index contributed by atoms with van der Waals surface area (Å²) in [6.07, 6.45) is 2.07. The number of aromatic carboxylic acids is 1. The van der Waals surface area contributed by atoms with Gasteiger partial charge in [-0.05, 0) is 38.5 Å². The highest BCUT2D eigenvalue weighted by Crippen LogP contribution is 2.17. The highest BCUT2D eigenvalue weighted by molar-refractivity contribution is 5.93. The van der Waals surface area contributed by atoms with Crippen molar-refractivity contribution >= 4 is 22.8 Å². The first kappa shape index (κ1) is 17.0. The molecule has 124 valence electrons. The van der Waals surface area contributed by atoms with Crippen LogP contribution in [0, 0.1) is 0 Å². The van der Waals surface area contributed by atoms with Gasteiger partial charge >= 0.3 is 5.97 Å². The van der Waals surface area contributed by atoms with Gasteiger partial charge in [-0.3, -0.25) is 9.36 Å². The van der Waals surface area contributed by atoms with Crippen LogP contribution < -0.4 is 10.5 Å². The summed E-state index contributed by atoms with van der Waals surface area (Å²) in [5.74, 6) is -0.406. The molecule has 0 fully saturated rings. The second-order valence-corrected chi connectivity index (χ2v) is 5.43. The predicted molar refractivity (Wildman–Crippen MR) is 91.4 cm³/mol. The molecule has 1 heterocycles. The Morgan fingerprint density at radius 3 is 2.61 bits per heavy atom. The van der Waals surface area contributed by atoms with Gasteiger partial charge in [-0.25, -0.2) is 9.78 Å². The molecule has 0 saturated carbocycles. The summed E-state index contributed by atoms with van der Waals surface area (Å²) in [6, 6.07) is 4.46. The number of nitrogens with zero attached hydrogens (tertiary/aromatic N) is 3. The Hall–Kier alpha value is -2.37. The zero-order chi connectivity index (χ0) is 17.0. The molecule has 0 spiro atoms. The van der Waals surface area contributed by atoms with Gasteiger partial charge in [0.1, 0.15) is 0 Å². The number of carboxylic acids is 1. The first-order chi connectivity index (χ1) is 11.0. The molecular weight excluding hydrogens is 294 g/mol. The van der Waals surface area contributed by atoms with Crippen LogP contribution in [0.2, 0.25) is 0 Å². The molecule has 0 aliphatic heterocycles. The fraction of sp³-hybridized carbons (Fsp3) is 0.471. The fourth-order valence-electron chi connectivity index (χ4n) is 2.62. The fourth-order valence-corrected chi connectivity index (χ4v) is 2.62. The summed E-state index contributed by atoms with van der Waals surface area (Å²) in [4.78, 5) is 30.5. The third kappa shape index (κ3) is 3.36. The molecule has 2 aromatic rings. The Kier molecular flexibility index (Phi) is 5.36. The summed E-state index contributed by atoms with van der Waals surface area (Å²) in [6.45, 7) is 8.16. The van der Waals surface area contributed by atoms with Gasteiger partial charge < -0.3 is 10.0 Å². The van der Waals surface area contributed by atoms with Gasteiger partial charge in [0, 0.05) is 19.6 Å². The van der Waals surface area contributed by atoms with Crippen LogP contribution in [0.3, 0.4) is 0 Å². The SMILES string of the molecule is CCCCN(CC)c1nc2cc(C(=O)O)ccc2c(=O)n1CC. The molecule has 1 aromatic carbocycles. The standard InChI is InChI=1S/C17H23N3O3/c1-4-7-10-19(5-2)17-18-14-11-12(16(22)23)8-9-13(14)15(21)20(17)6-3/h8-9,11H,4-7,10H2,1-3H3,(H,22,23). The lowest BCUT2D eigenvalue weighted by atomic mass is 10.1. The molecule has 0 aliphatic carbocycles. The second kappa shape index (κ2) is 7.26. The van der Waals surface area contributed by atoms with Crippen molar-refractivity contribution in [2.45, 2.75) is 40.2 Å². The van der Waals surface area contributed by atoms with Crippen molar-refractivity contribution in [3.05, 3.63) is 34.1 Å². The van der Waals surface area contributed by atoms with Crippen LogP contribution in [-0.2, 0) is 6.54 Å². The molecule has 0 bridgehead atoms. The number of benzene rings is 1. The number of hydrogen-bond donors (Lipinski definition) is 1. The van der Waals surface area contributed by atoms with Crippen molar-refractivity contribution in [2.24, 2.45) is 0 Å². The Labute approximate surface area is 135 Å². The summed E-state index contributed by atoms with van der Waals surface area (Å²) >= 11 is 0. The summed E-state index contributed by atoms with van der Waals surface area (Å²) < 4.78 is 1.65. The van der Waals surface area contributed by atoms with E-state index in [2.05, 4.69) is 16.8 Å². The molecule has 1 aromatic heterocycles.